The molecule has 1 aliphatic carbocycles. The number of allylic oxidation sites excluding steroid dienone is 1. The highest BCUT2D eigenvalue weighted by atomic mass is 32.2. The number of carbonyl (C=O) groups excluding carboxylic acids is 1. The van der Waals surface area contributed by atoms with Crippen LogP contribution in [0.2, 0.25) is 0 Å². The summed E-state index contributed by atoms with van der Waals surface area (Å²) >= 11 is 0. The molecule has 1 aromatic rings. The molecule has 4 nitrogen and oxygen atoms in total. The number of amides is 1. The first-order valence-corrected chi connectivity index (χ1v) is 9.58. The van der Waals surface area contributed by atoms with Gasteiger partial charge in [0, 0.05) is 6.42 Å². The van der Waals surface area contributed by atoms with Crippen molar-refractivity contribution in [2.45, 2.75) is 56.8 Å². The fourth-order valence-electron chi connectivity index (χ4n) is 3.35. The zero-order chi connectivity index (χ0) is 16.9. The molecular formula is C18H25NO3S. The molecule has 1 aromatic carbocycles. The first-order chi connectivity index (χ1) is 10.9. The lowest BCUT2D eigenvalue weighted by Crippen LogP contribution is -2.34. The number of sulfonamides is 1. The number of aryl methyl sites for hydroxylation is 1. The Morgan fingerprint density at radius 2 is 1.87 bits per heavy atom. The Morgan fingerprint density at radius 1 is 1.26 bits per heavy atom. The lowest BCUT2D eigenvalue weighted by molar-refractivity contribution is -0.121. The summed E-state index contributed by atoms with van der Waals surface area (Å²) in [6.07, 6.45) is 8.07. The van der Waals surface area contributed by atoms with Crippen LogP contribution in [0.4, 0.5) is 0 Å². The van der Waals surface area contributed by atoms with E-state index < -0.39 is 15.9 Å². The SMILES string of the molecule is C=CCCC1(CC(=O)NS(=O)(=O)c2ccc(C)cc2)CCCC1. The van der Waals surface area contributed by atoms with E-state index in [1.807, 2.05) is 13.0 Å². The summed E-state index contributed by atoms with van der Waals surface area (Å²) in [5.74, 6) is -0.406. The maximum atomic E-state index is 12.3. The maximum absolute atomic E-state index is 12.3. The van der Waals surface area contributed by atoms with Crippen LogP contribution in [-0.2, 0) is 14.8 Å². The Bertz CT molecular complexity index is 656. The molecule has 0 aromatic heterocycles. The summed E-state index contributed by atoms with van der Waals surface area (Å²) in [4.78, 5) is 12.4. The summed E-state index contributed by atoms with van der Waals surface area (Å²) in [6, 6.07) is 6.49. The smallest absolute Gasteiger partial charge is 0.264 e. The van der Waals surface area contributed by atoms with Gasteiger partial charge in [-0.1, -0.05) is 36.6 Å². The molecular weight excluding hydrogens is 310 g/mol. The summed E-state index contributed by atoms with van der Waals surface area (Å²) in [5, 5.41) is 0. The van der Waals surface area contributed by atoms with Crippen LogP contribution in [0.15, 0.2) is 41.8 Å². The summed E-state index contributed by atoms with van der Waals surface area (Å²) in [7, 11) is -3.78. The van der Waals surface area contributed by atoms with Crippen LogP contribution in [0.5, 0.6) is 0 Å². The molecule has 1 amide bonds. The highest BCUT2D eigenvalue weighted by Gasteiger charge is 2.36. The molecule has 1 aliphatic rings. The van der Waals surface area contributed by atoms with Gasteiger partial charge in [0.25, 0.3) is 10.0 Å². The second-order valence-electron chi connectivity index (χ2n) is 6.55. The van der Waals surface area contributed by atoms with Crippen molar-refractivity contribution in [3.63, 3.8) is 0 Å². The topological polar surface area (TPSA) is 63.2 Å². The summed E-state index contributed by atoms with van der Waals surface area (Å²) in [6.45, 7) is 5.63. The fourth-order valence-corrected chi connectivity index (χ4v) is 4.34. The van der Waals surface area contributed by atoms with Gasteiger partial charge in [0.15, 0.2) is 0 Å². The number of hydrogen-bond acceptors (Lipinski definition) is 3. The number of hydrogen-bond donors (Lipinski definition) is 1. The predicted molar refractivity (Wildman–Crippen MR) is 91.5 cm³/mol. The van der Waals surface area contributed by atoms with E-state index in [1.165, 1.54) is 12.1 Å². The average molecular weight is 335 g/mol. The van der Waals surface area contributed by atoms with Crippen LogP contribution in [0.3, 0.4) is 0 Å². The van der Waals surface area contributed by atoms with Crippen molar-refractivity contribution in [3.8, 4) is 0 Å². The first-order valence-electron chi connectivity index (χ1n) is 8.10. The van der Waals surface area contributed by atoms with Gasteiger partial charge in [-0.25, -0.2) is 13.1 Å². The van der Waals surface area contributed by atoms with Gasteiger partial charge >= 0.3 is 0 Å². The van der Waals surface area contributed by atoms with E-state index >= 15 is 0 Å². The van der Waals surface area contributed by atoms with Crippen LogP contribution in [0, 0.1) is 12.3 Å². The van der Waals surface area contributed by atoms with Crippen LogP contribution in [-0.4, -0.2) is 14.3 Å². The van der Waals surface area contributed by atoms with Gasteiger partial charge in [-0.2, -0.15) is 0 Å². The minimum absolute atomic E-state index is 0.0684. The molecule has 1 N–H and O–H groups in total. The quantitative estimate of drug-likeness (QED) is 0.773. The Kier molecular flexibility index (Phi) is 5.63. The number of benzene rings is 1. The van der Waals surface area contributed by atoms with Crippen molar-refractivity contribution >= 4 is 15.9 Å². The van der Waals surface area contributed by atoms with Gasteiger partial charge in [0.2, 0.25) is 5.91 Å². The molecule has 0 bridgehead atoms. The molecule has 2 rings (SSSR count). The molecule has 0 heterocycles. The number of rotatable bonds is 7. The third-order valence-corrected chi connectivity index (χ3v) is 6.05. The van der Waals surface area contributed by atoms with E-state index in [4.69, 9.17) is 0 Å². The molecule has 0 aliphatic heterocycles. The molecule has 0 radical (unpaired) electrons. The van der Waals surface area contributed by atoms with Crippen LogP contribution in [0.25, 0.3) is 0 Å². The van der Waals surface area contributed by atoms with E-state index in [1.54, 1.807) is 12.1 Å². The van der Waals surface area contributed by atoms with Crippen LogP contribution in [0.1, 0.15) is 50.5 Å². The molecule has 1 fully saturated rings. The van der Waals surface area contributed by atoms with Crippen molar-refractivity contribution in [1.29, 1.82) is 0 Å². The molecule has 0 spiro atoms. The van der Waals surface area contributed by atoms with Gasteiger partial charge in [-0.3, -0.25) is 4.79 Å². The lowest BCUT2D eigenvalue weighted by Gasteiger charge is -2.27. The molecule has 5 heteroatoms. The Balaban J connectivity index is 2.05. The van der Waals surface area contributed by atoms with Gasteiger partial charge in [-0.05, 0) is 50.2 Å². The highest BCUT2D eigenvalue weighted by molar-refractivity contribution is 7.90. The van der Waals surface area contributed by atoms with Gasteiger partial charge in [0.1, 0.15) is 0 Å². The van der Waals surface area contributed by atoms with Crippen molar-refractivity contribution in [2.75, 3.05) is 0 Å². The largest absolute Gasteiger partial charge is 0.274 e. The molecule has 0 saturated heterocycles. The second kappa shape index (κ2) is 7.30. The van der Waals surface area contributed by atoms with E-state index in [0.29, 0.717) is 0 Å². The minimum atomic E-state index is -3.78. The zero-order valence-corrected chi connectivity index (χ0v) is 14.5. The molecule has 23 heavy (non-hydrogen) atoms. The second-order valence-corrected chi connectivity index (χ2v) is 8.24. The third kappa shape index (κ3) is 4.67. The van der Waals surface area contributed by atoms with Crippen molar-refractivity contribution in [2.24, 2.45) is 5.41 Å². The number of carbonyl (C=O) groups is 1. The normalized spacial score (nSPS) is 16.9. The summed E-state index contributed by atoms with van der Waals surface area (Å²) < 4.78 is 26.8. The predicted octanol–water partition coefficient (Wildman–Crippen LogP) is 3.72. The van der Waals surface area contributed by atoms with Crippen LogP contribution < -0.4 is 4.72 Å². The van der Waals surface area contributed by atoms with E-state index in [-0.39, 0.29) is 16.7 Å². The summed E-state index contributed by atoms with van der Waals surface area (Å²) in [5.41, 5.74) is 0.908. The van der Waals surface area contributed by atoms with Crippen molar-refractivity contribution < 1.29 is 13.2 Å². The number of nitrogens with one attached hydrogen (secondary N) is 1. The molecule has 0 atom stereocenters. The average Bonchev–Trinajstić information content (AvgIpc) is 2.93. The van der Waals surface area contributed by atoms with Gasteiger partial charge in [0.05, 0.1) is 4.90 Å². The van der Waals surface area contributed by atoms with Crippen LogP contribution >= 0.6 is 0 Å². The van der Waals surface area contributed by atoms with E-state index in [2.05, 4.69) is 11.3 Å². The Hall–Kier alpha value is -1.62. The Morgan fingerprint density at radius 3 is 2.43 bits per heavy atom. The Labute approximate surface area is 139 Å². The van der Waals surface area contributed by atoms with Gasteiger partial charge in [-0.15, -0.1) is 6.58 Å². The fraction of sp³-hybridized carbons (Fsp3) is 0.500. The van der Waals surface area contributed by atoms with E-state index in [9.17, 15) is 13.2 Å². The first kappa shape index (κ1) is 17.7. The molecule has 126 valence electrons. The highest BCUT2D eigenvalue weighted by Crippen LogP contribution is 2.44. The molecule has 0 unspecified atom stereocenters. The maximum Gasteiger partial charge on any atom is 0.264 e. The third-order valence-electron chi connectivity index (χ3n) is 4.66. The monoisotopic (exact) mass is 335 g/mol. The minimum Gasteiger partial charge on any atom is -0.274 e. The van der Waals surface area contributed by atoms with Crippen molar-refractivity contribution in [3.05, 3.63) is 42.5 Å². The zero-order valence-electron chi connectivity index (χ0n) is 13.7. The van der Waals surface area contributed by atoms with E-state index in [0.717, 1.165) is 44.1 Å². The molecule has 1 saturated carbocycles. The lowest BCUT2D eigenvalue weighted by atomic mass is 9.78. The van der Waals surface area contributed by atoms with Gasteiger partial charge < -0.3 is 0 Å². The van der Waals surface area contributed by atoms with Crippen molar-refractivity contribution in [1.82, 2.24) is 4.72 Å². The standard InChI is InChI=1S/C18H25NO3S/c1-3-4-11-18(12-5-6-13-18)14-17(20)19-23(21,22)16-9-7-15(2)8-10-16/h3,7-10H,1,4-6,11-14H2,2H3,(H,19,20).